The van der Waals surface area contributed by atoms with Crippen LogP contribution in [0.2, 0.25) is 5.02 Å². The van der Waals surface area contributed by atoms with Crippen LogP contribution in [0.25, 0.3) is 11.3 Å². The Morgan fingerprint density at radius 1 is 1.32 bits per heavy atom. The molecule has 0 unspecified atom stereocenters. The van der Waals surface area contributed by atoms with Gasteiger partial charge in [0.2, 0.25) is 5.91 Å². The molecular weight excluding hydrogens is 304 g/mol. The molecule has 3 N–H and O–H groups in total. The molecule has 1 aliphatic heterocycles. The molecule has 0 aliphatic carbocycles. The lowest BCUT2D eigenvalue weighted by molar-refractivity contribution is -0.122. The van der Waals surface area contributed by atoms with E-state index in [9.17, 15) is 4.79 Å². The van der Waals surface area contributed by atoms with Crippen LogP contribution < -0.4 is 11.1 Å². The lowest BCUT2D eigenvalue weighted by Gasteiger charge is -2.15. The van der Waals surface area contributed by atoms with E-state index in [1.165, 1.54) is 0 Å². The third-order valence-corrected chi connectivity index (χ3v) is 3.99. The highest BCUT2D eigenvalue weighted by Gasteiger charge is 2.32. The zero-order chi connectivity index (χ0) is 15.5. The number of rotatable bonds is 5. The highest BCUT2D eigenvalue weighted by molar-refractivity contribution is 6.30. The van der Waals surface area contributed by atoms with Crippen molar-refractivity contribution in [2.24, 2.45) is 11.7 Å². The summed E-state index contributed by atoms with van der Waals surface area (Å²) in [7, 11) is 0. The quantitative estimate of drug-likeness (QED) is 0.885. The average molecular weight is 321 g/mol. The summed E-state index contributed by atoms with van der Waals surface area (Å²) in [4.78, 5) is 11.3. The number of nitrogens with two attached hydrogens (primary N) is 1. The van der Waals surface area contributed by atoms with Crippen LogP contribution in [-0.4, -0.2) is 25.2 Å². The van der Waals surface area contributed by atoms with Crippen LogP contribution >= 0.6 is 11.6 Å². The Morgan fingerprint density at radius 2 is 2.18 bits per heavy atom. The Bertz CT molecular complexity index is 671. The number of halogens is 1. The van der Waals surface area contributed by atoms with Gasteiger partial charge in [0, 0.05) is 16.6 Å². The van der Waals surface area contributed by atoms with Gasteiger partial charge in [0.25, 0.3) is 0 Å². The fourth-order valence-corrected chi connectivity index (χ4v) is 2.73. The number of carbonyl (C=O) groups excluding carboxylic acids is 1. The first-order valence-electron chi connectivity index (χ1n) is 7.08. The number of nitrogens with one attached hydrogen (secondary N) is 1. The first kappa shape index (κ1) is 15.1. The molecule has 6 heteroatoms. The maximum atomic E-state index is 11.3. The number of furan rings is 1. The van der Waals surface area contributed by atoms with E-state index in [2.05, 4.69) is 5.32 Å². The van der Waals surface area contributed by atoms with Gasteiger partial charge in [-0.05, 0) is 24.3 Å². The van der Waals surface area contributed by atoms with Crippen LogP contribution in [0.4, 0.5) is 0 Å². The number of primary amides is 1. The predicted molar refractivity (Wildman–Crippen MR) is 83.3 cm³/mol. The Balaban J connectivity index is 1.64. The van der Waals surface area contributed by atoms with E-state index in [1.807, 2.05) is 36.4 Å². The number of carbonyl (C=O) groups is 1. The lowest BCUT2D eigenvalue weighted by atomic mass is 10.0. The molecular formula is C16H17ClN2O3. The van der Waals surface area contributed by atoms with Gasteiger partial charge in [0.05, 0.1) is 25.7 Å². The number of amides is 1. The smallest absolute Gasteiger partial charge is 0.224 e. The lowest BCUT2D eigenvalue weighted by Crippen LogP contribution is -2.41. The van der Waals surface area contributed by atoms with E-state index in [-0.39, 0.29) is 17.9 Å². The van der Waals surface area contributed by atoms with Gasteiger partial charge in [-0.3, -0.25) is 4.79 Å². The minimum absolute atomic E-state index is 0.0720. The van der Waals surface area contributed by atoms with Crippen molar-refractivity contribution in [2.75, 3.05) is 13.2 Å². The Morgan fingerprint density at radius 3 is 2.95 bits per heavy atom. The third-order valence-electron chi connectivity index (χ3n) is 3.76. The largest absolute Gasteiger partial charge is 0.460 e. The standard InChI is InChI=1S/C16H17ClN2O3/c17-11-3-1-2-10(6-11)15-5-4-12(22-15)7-19-14-9-21-8-13(14)16(18)20/h1-6,13-14,19H,7-9H2,(H2,18,20)/t13-,14+/m1/s1. The molecule has 1 aromatic carbocycles. The van der Waals surface area contributed by atoms with Gasteiger partial charge < -0.3 is 20.2 Å². The molecule has 1 amide bonds. The fourth-order valence-electron chi connectivity index (χ4n) is 2.54. The van der Waals surface area contributed by atoms with Crippen molar-refractivity contribution in [2.45, 2.75) is 12.6 Å². The zero-order valence-corrected chi connectivity index (χ0v) is 12.7. The molecule has 2 aromatic rings. The van der Waals surface area contributed by atoms with Crippen molar-refractivity contribution in [1.82, 2.24) is 5.32 Å². The normalized spacial score (nSPS) is 21.1. The van der Waals surface area contributed by atoms with Crippen molar-refractivity contribution in [3.05, 3.63) is 47.2 Å². The van der Waals surface area contributed by atoms with Gasteiger partial charge in [-0.25, -0.2) is 0 Å². The minimum Gasteiger partial charge on any atom is -0.460 e. The monoisotopic (exact) mass is 320 g/mol. The molecule has 116 valence electrons. The van der Waals surface area contributed by atoms with Crippen LogP contribution in [0.5, 0.6) is 0 Å². The van der Waals surface area contributed by atoms with E-state index in [4.69, 9.17) is 26.5 Å². The Hall–Kier alpha value is -1.82. The second-order valence-electron chi connectivity index (χ2n) is 5.31. The van der Waals surface area contributed by atoms with Crippen molar-refractivity contribution in [1.29, 1.82) is 0 Å². The van der Waals surface area contributed by atoms with Crippen molar-refractivity contribution in [3.63, 3.8) is 0 Å². The summed E-state index contributed by atoms with van der Waals surface area (Å²) in [6, 6.07) is 11.2. The number of hydrogen-bond acceptors (Lipinski definition) is 4. The molecule has 2 atom stereocenters. The zero-order valence-electron chi connectivity index (χ0n) is 11.9. The molecule has 2 heterocycles. The summed E-state index contributed by atoms with van der Waals surface area (Å²) in [5.41, 5.74) is 6.29. The summed E-state index contributed by atoms with van der Waals surface area (Å²) in [6.45, 7) is 1.37. The molecule has 3 rings (SSSR count). The third kappa shape index (κ3) is 3.32. The Kier molecular flexibility index (Phi) is 4.47. The van der Waals surface area contributed by atoms with Crippen LogP contribution in [-0.2, 0) is 16.1 Å². The van der Waals surface area contributed by atoms with Gasteiger partial charge in [-0.1, -0.05) is 23.7 Å². The topological polar surface area (TPSA) is 77.5 Å². The first-order chi connectivity index (χ1) is 10.6. The molecule has 1 aromatic heterocycles. The first-order valence-corrected chi connectivity index (χ1v) is 7.46. The maximum Gasteiger partial charge on any atom is 0.224 e. The van der Waals surface area contributed by atoms with Crippen LogP contribution in [0.1, 0.15) is 5.76 Å². The second kappa shape index (κ2) is 6.52. The van der Waals surface area contributed by atoms with E-state index < -0.39 is 0 Å². The highest BCUT2D eigenvalue weighted by atomic mass is 35.5. The van der Waals surface area contributed by atoms with Crippen molar-refractivity contribution < 1.29 is 13.9 Å². The number of ether oxygens (including phenoxy) is 1. The van der Waals surface area contributed by atoms with Crippen molar-refractivity contribution in [3.8, 4) is 11.3 Å². The highest BCUT2D eigenvalue weighted by Crippen LogP contribution is 2.25. The minimum atomic E-state index is -0.339. The summed E-state index contributed by atoms with van der Waals surface area (Å²) >= 11 is 5.98. The SMILES string of the molecule is NC(=O)[C@@H]1COC[C@@H]1NCc1ccc(-c2cccc(Cl)c2)o1. The molecule has 1 aliphatic rings. The Labute approximate surface area is 133 Å². The van der Waals surface area contributed by atoms with Gasteiger partial charge in [0.1, 0.15) is 11.5 Å². The number of hydrogen-bond donors (Lipinski definition) is 2. The predicted octanol–water partition coefficient (Wildman–Crippen LogP) is 2.19. The maximum absolute atomic E-state index is 11.3. The second-order valence-corrected chi connectivity index (χ2v) is 5.75. The van der Waals surface area contributed by atoms with Gasteiger partial charge in [-0.2, -0.15) is 0 Å². The molecule has 1 fully saturated rings. The molecule has 0 saturated carbocycles. The average Bonchev–Trinajstić information content (AvgIpc) is 3.14. The van der Waals surface area contributed by atoms with Crippen LogP contribution in [0.15, 0.2) is 40.8 Å². The van der Waals surface area contributed by atoms with E-state index in [0.717, 1.165) is 17.1 Å². The van der Waals surface area contributed by atoms with Gasteiger partial charge in [0.15, 0.2) is 0 Å². The van der Waals surface area contributed by atoms with Crippen LogP contribution in [0, 0.1) is 5.92 Å². The van der Waals surface area contributed by atoms with E-state index >= 15 is 0 Å². The molecule has 1 saturated heterocycles. The molecule has 0 bridgehead atoms. The van der Waals surface area contributed by atoms with Crippen LogP contribution in [0.3, 0.4) is 0 Å². The van der Waals surface area contributed by atoms with E-state index in [1.54, 1.807) is 0 Å². The molecule has 5 nitrogen and oxygen atoms in total. The summed E-state index contributed by atoms with van der Waals surface area (Å²) in [6.07, 6.45) is 0. The molecule has 0 radical (unpaired) electrons. The summed E-state index contributed by atoms with van der Waals surface area (Å²) in [5.74, 6) is 0.912. The fraction of sp³-hybridized carbons (Fsp3) is 0.312. The molecule has 0 spiro atoms. The molecule has 22 heavy (non-hydrogen) atoms. The summed E-state index contributed by atoms with van der Waals surface area (Å²) < 4.78 is 11.1. The van der Waals surface area contributed by atoms with Gasteiger partial charge >= 0.3 is 0 Å². The van der Waals surface area contributed by atoms with Gasteiger partial charge in [-0.15, -0.1) is 0 Å². The number of benzene rings is 1. The van der Waals surface area contributed by atoms with Crippen molar-refractivity contribution >= 4 is 17.5 Å². The summed E-state index contributed by atoms with van der Waals surface area (Å²) in [5, 5.41) is 3.93. The van der Waals surface area contributed by atoms with E-state index in [0.29, 0.717) is 24.8 Å².